The van der Waals surface area contributed by atoms with E-state index in [2.05, 4.69) is 31.5 Å². The van der Waals surface area contributed by atoms with Crippen LogP contribution >= 0.6 is 15.9 Å². The number of likely N-dealkylation sites (tertiary alicyclic amines) is 1. The maximum atomic E-state index is 13.0. The van der Waals surface area contributed by atoms with Crippen LogP contribution in [0.1, 0.15) is 35.8 Å². The van der Waals surface area contributed by atoms with Crippen molar-refractivity contribution in [3.05, 3.63) is 76.8 Å². The third kappa shape index (κ3) is 7.32. The molecule has 1 aromatic carbocycles. The summed E-state index contributed by atoms with van der Waals surface area (Å²) in [6, 6.07) is 5.08. The number of aromatic nitrogens is 2. The fraction of sp³-hybridized carbons (Fsp3) is 0.346. The first-order valence-corrected chi connectivity index (χ1v) is 12.5. The van der Waals surface area contributed by atoms with Gasteiger partial charge < -0.3 is 24.8 Å². The predicted molar refractivity (Wildman–Crippen MR) is 141 cm³/mol. The second-order valence-corrected chi connectivity index (χ2v) is 8.81. The molecule has 1 aliphatic heterocycles. The van der Waals surface area contributed by atoms with Crippen molar-refractivity contribution in [3.8, 4) is 11.4 Å². The number of piperidine rings is 1. The minimum absolute atomic E-state index is 0.120. The number of hydrogen-bond donors (Lipinski definition) is 2. The Hall–Kier alpha value is -3.33. The fourth-order valence-corrected chi connectivity index (χ4v) is 4.12. The first-order chi connectivity index (χ1) is 16.9. The number of aryl methyl sites for hydroxylation is 1. The van der Waals surface area contributed by atoms with Gasteiger partial charge >= 0.3 is 6.03 Å². The topological polar surface area (TPSA) is 88.5 Å². The zero-order valence-electron chi connectivity index (χ0n) is 20.3. The van der Waals surface area contributed by atoms with E-state index in [-0.39, 0.29) is 18.0 Å². The van der Waals surface area contributed by atoms with Gasteiger partial charge in [0.05, 0.1) is 24.8 Å². The van der Waals surface area contributed by atoms with Crippen LogP contribution in [0.5, 0.6) is 5.75 Å². The Morgan fingerprint density at radius 2 is 2.17 bits per heavy atom. The van der Waals surface area contributed by atoms with Gasteiger partial charge in [-0.3, -0.25) is 4.79 Å². The number of nitrogens with one attached hydrogen (secondary N) is 2. The molecule has 0 aliphatic carbocycles. The quantitative estimate of drug-likeness (QED) is 0.481. The van der Waals surface area contributed by atoms with Gasteiger partial charge in [0.25, 0.3) is 5.91 Å². The number of imidazole rings is 1. The Bertz CT molecular complexity index is 1120. The van der Waals surface area contributed by atoms with E-state index in [0.29, 0.717) is 30.9 Å². The normalized spacial score (nSPS) is 16.6. The Balaban J connectivity index is 1.60. The second kappa shape index (κ2) is 12.9. The van der Waals surface area contributed by atoms with Gasteiger partial charge in [-0.25, -0.2) is 9.78 Å². The zero-order chi connectivity index (χ0) is 25.2. The lowest BCUT2D eigenvalue weighted by atomic mass is 10.0. The van der Waals surface area contributed by atoms with E-state index in [0.717, 1.165) is 29.8 Å². The van der Waals surface area contributed by atoms with Crippen LogP contribution in [0.2, 0.25) is 0 Å². The molecule has 0 bridgehead atoms. The van der Waals surface area contributed by atoms with Gasteiger partial charge in [-0.2, -0.15) is 0 Å². The van der Waals surface area contributed by atoms with Crippen LogP contribution in [-0.2, 0) is 0 Å². The highest BCUT2D eigenvalue weighted by Crippen LogP contribution is 2.25. The minimum Gasteiger partial charge on any atom is -0.495 e. The fourth-order valence-electron chi connectivity index (χ4n) is 3.97. The summed E-state index contributed by atoms with van der Waals surface area (Å²) in [5, 5.41) is 6.05. The number of methoxy groups -OCH3 is 1. The van der Waals surface area contributed by atoms with Crippen LogP contribution in [0.25, 0.3) is 5.69 Å². The van der Waals surface area contributed by atoms with Gasteiger partial charge in [-0.1, -0.05) is 40.2 Å². The van der Waals surface area contributed by atoms with Crippen molar-refractivity contribution < 1.29 is 14.3 Å². The summed E-state index contributed by atoms with van der Waals surface area (Å²) >= 11 is 3.25. The monoisotopic (exact) mass is 541 g/mol. The van der Waals surface area contributed by atoms with Gasteiger partial charge in [0.15, 0.2) is 0 Å². The molecule has 1 unspecified atom stereocenters. The highest BCUT2D eigenvalue weighted by molar-refractivity contribution is 9.11. The summed E-state index contributed by atoms with van der Waals surface area (Å²) in [4.78, 5) is 33.5. The number of benzene rings is 1. The van der Waals surface area contributed by atoms with E-state index in [1.165, 1.54) is 0 Å². The van der Waals surface area contributed by atoms with E-state index >= 15 is 0 Å². The Morgan fingerprint density at radius 1 is 1.34 bits per heavy atom. The number of urea groups is 1. The van der Waals surface area contributed by atoms with Crippen LogP contribution in [-0.4, -0.2) is 59.2 Å². The highest BCUT2D eigenvalue weighted by atomic mass is 79.9. The van der Waals surface area contributed by atoms with Gasteiger partial charge in [0.1, 0.15) is 5.75 Å². The average molecular weight is 542 g/mol. The van der Waals surface area contributed by atoms with E-state index in [1.54, 1.807) is 35.5 Å². The first kappa shape index (κ1) is 26.3. The molecule has 1 aliphatic rings. The molecule has 3 amide bonds. The second-order valence-electron chi connectivity index (χ2n) is 8.29. The van der Waals surface area contributed by atoms with Crippen molar-refractivity contribution in [1.29, 1.82) is 0 Å². The predicted octanol–water partition coefficient (Wildman–Crippen LogP) is 4.50. The van der Waals surface area contributed by atoms with Crippen LogP contribution in [0, 0.1) is 6.92 Å². The lowest BCUT2D eigenvalue weighted by Crippen LogP contribution is -2.52. The van der Waals surface area contributed by atoms with E-state index < -0.39 is 0 Å². The molecule has 2 aromatic rings. The number of hydrogen-bond acceptors (Lipinski definition) is 4. The summed E-state index contributed by atoms with van der Waals surface area (Å²) in [7, 11) is 1.58. The molecule has 1 saturated heterocycles. The van der Waals surface area contributed by atoms with Crippen molar-refractivity contribution >= 4 is 27.9 Å². The van der Waals surface area contributed by atoms with Gasteiger partial charge in [0, 0.05) is 37.4 Å². The summed E-state index contributed by atoms with van der Waals surface area (Å²) in [5.74, 6) is 0.392. The molecular formula is C26H32BrN5O3. The molecule has 35 heavy (non-hydrogen) atoms. The van der Waals surface area contributed by atoms with Crippen molar-refractivity contribution in [3.63, 3.8) is 0 Å². The summed E-state index contributed by atoms with van der Waals surface area (Å²) in [6.45, 7) is 5.41. The molecule has 0 radical (unpaired) electrons. The number of halogens is 1. The number of allylic oxidation sites excluding steroid dienone is 3. The van der Waals surface area contributed by atoms with E-state index in [9.17, 15) is 9.59 Å². The van der Waals surface area contributed by atoms with Gasteiger partial charge in [0.2, 0.25) is 0 Å². The van der Waals surface area contributed by atoms with Crippen LogP contribution in [0.3, 0.4) is 0 Å². The number of carbonyl (C=O) groups is 2. The molecule has 1 fully saturated rings. The number of rotatable bonds is 8. The third-order valence-electron chi connectivity index (χ3n) is 5.68. The Kier molecular flexibility index (Phi) is 9.72. The minimum atomic E-state index is -0.191. The SMILES string of the molecule is C\C=C/C(=C\C=C\Br)CNC(=O)N1CCCC(NC(=O)c2ccc(-n3cnc(C)c3)c(OC)c2)C1. The number of nitrogens with zero attached hydrogens (tertiary/aromatic N) is 3. The highest BCUT2D eigenvalue weighted by Gasteiger charge is 2.25. The summed E-state index contributed by atoms with van der Waals surface area (Å²) < 4.78 is 7.38. The Labute approximate surface area is 214 Å². The molecule has 0 spiro atoms. The molecule has 2 N–H and O–H groups in total. The third-order valence-corrected chi connectivity index (χ3v) is 5.99. The maximum absolute atomic E-state index is 13.0. The molecule has 3 rings (SSSR count). The molecule has 1 aromatic heterocycles. The van der Waals surface area contributed by atoms with Crippen LogP contribution in [0.4, 0.5) is 4.79 Å². The van der Waals surface area contributed by atoms with Crippen molar-refractivity contribution in [2.24, 2.45) is 0 Å². The van der Waals surface area contributed by atoms with Crippen molar-refractivity contribution in [2.45, 2.75) is 32.7 Å². The lowest BCUT2D eigenvalue weighted by molar-refractivity contribution is 0.0910. The molecule has 2 heterocycles. The number of carbonyl (C=O) groups excluding carboxylic acids is 2. The maximum Gasteiger partial charge on any atom is 0.317 e. The van der Waals surface area contributed by atoms with Crippen molar-refractivity contribution in [2.75, 3.05) is 26.7 Å². The average Bonchev–Trinajstić information content (AvgIpc) is 3.31. The van der Waals surface area contributed by atoms with E-state index in [1.807, 2.05) is 55.0 Å². The molecule has 8 nitrogen and oxygen atoms in total. The molecule has 9 heteroatoms. The lowest BCUT2D eigenvalue weighted by Gasteiger charge is -2.33. The zero-order valence-corrected chi connectivity index (χ0v) is 21.9. The number of amides is 3. The van der Waals surface area contributed by atoms with Crippen molar-refractivity contribution in [1.82, 2.24) is 25.1 Å². The van der Waals surface area contributed by atoms with Crippen LogP contribution in [0.15, 0.2) is 65.6 Å². The largest absolute Gasteiger partial charge is 0.495 e. The van der Waals surface area contributed by atoms with Crippen LogP contribution < -0.4 is 15.4 Å². The summed E-state index contributed by atoms with van der Waals surface area (Å²) in [6.07, 6.45) is 12.9. The molecular weight excluding hydrogens is 510 g/mol. The standard InChI is InChI=1S/C26H32BrN5O3/c1-4-7-20(8-5-12-27)15-28-26(34)31-13-6-9-22(17-31)30-25(33)21-10-11-23(24(14-21)35-3)32-16-19(2)29-18-32/h4-5,7-8,10-12,14,16,18,22H,6,9,13,15,17H2,1-3H3,(H,28,34)(H,30,33)/b7-4-,12-5+,20-8+. The summed E-state index contributed by atoms with van der Waals surface area (Å²) in [5.41, 5.74) is 3.19. The van der Waals surface area contributed by atoms with Gasteiger partial charge in [-0.05, 0) is 55.4 Å². The first-order valence-electron chi connectivity index (χ1n) is 11.6. The molecule has 1 atom stereocenters. The molecule has 186 valence electrons. The number of ether oxygens (including phenoxy) is 1. The van der Waals surface area contributed by atoms with Gasteiger partial charge in [-0.15, -0.1) is 0 Å². The smallest absolute Gasteiger partial charge is 0.317 e. The van der Waals surface area contributed by atoms with E-state index in [4.69, 9.17) is 4.74 Å². The molecule has 0 saturated carbocycles. The Morgan fingerprint density at radius 3 is 2.86 bits per heavy atom.